The molecule has 0 radical (unpaired) electrons. The lowest BCUT2D eigenvalue weighted by Gasteiger charge is -2.23. The van der Waals surface area contributed by atoms with Crippen LogP contribution in [0.2, 0.25) is 0 Å². The van der Waals surface area contributed by atoms with E-state index in [4.69, 9.17) is 4.74 Å². The van der Waals surface area contributed by atoms with E-state index in [1.54, 1.807) is 13.8 Å². The van der Waals surface area contributed by atoms with Gasteiger partial charge in [-0.2, -0.15) is 4.98 Å². The second-order valence-corrected chi connectivity index (χ2v) is 7.59. The molecule has 0 aliphatic carbocycles. The van der Waals surface area contributed by atoms with Crippen molar-refractivity contribution in [2.75, 3.05) is 11.9 Å². The van der Waals surface area contributed by atoms with Crippen LogP contribution in [0.15, 0.2) is 35.3 Å². The quantitative estimate of drug-likeness (QED) is 0.539. The molecule has 3 rings (SSSR count). The predicted molar refractivity (Wildman–Crippen MR) is 107 cm³/mol. The smallest absolute Gasteiger partial charge is 0.295 e. The molecule has 1 aromatic carbocycles. The number of hydrogen-bond acceptors (Lipinski definition) is 7. The summed E-state index contributed by atoms with van der Waals surface area (Å²) >= 11 is 0. The van der Waals surface area contributed by atoms with Crippen LogP contribution in [0.25, 0.3) is 11.0 Å². The van der Waals surface area contributed by atoms with Gasteiger partial charge in [-0.05, 0) is 39.0 Å². The second kappa shape index (κ2) is 8.33. The maximum absolute atomic E-state index is 14.0. The van der Waals surface area contributed by atoms with Crippen LogP contribution in [0, 0.1) is 11.6 Å². The molecule has 160 valence electrons. The third-order valence-corrected chi connectivity index (χ3v) is 4.20. The fourth-order valence-electron chi connectivity index (χ4n) is 2.72. The van der Waals surface area contributed by atoms with Crippen LogP contribution < -0.4 is 15.6 Å². The molecule has 1 atom stereocenters. The highest BCUT2D eigenvalue weighted by Gasteiger charge is 2.20. The highest BCUT2D eigenvalue weighted by Crippen LogP contribution is 2.25. The van der Waals surface area contributed by atoms with Crippen LogP contribution in [0.3, 0.4) is 0 Å². The summed E-state index contributed by atoms with van der Waals surface area (Å²) in [5, 5.41) is 22.6. The zero-order chi connectivity index (χ0) is 22.1. The van der Waals surface area contributed by atoms with Gasteiger partial charge < -0.3 is 20.3 Å². The van der Waals surface area contributed by atoms with Gasteiger partial charge in [-0.15, -0.1) is 0 Å². The minimum Gasteiger partial charge on any atom is -0.448 e. The molecule has 8 nitrogen and oxygen atoms in total. The predicted octanol–water partition coefficient (Wildman–Crippen LogP) is 2.43. The Bertz CT molecular complexity index is 1130. The summed E-state index contributed by atoms with van der Waals surface area (Å²) in [6.45, 7) is 4.72. The molecule has 2 aromatic heterocycles. The van der Waals surface area contributed by atoms with E-state index >= 15 is 0 Å². The molecule has 0 bridgehead atoms. The third kappa shape index (κ3) is 4.71. The summed E-state index contributed by atoms with van der Waals surface area (Å²) in [5.74, 6) is -2.10. The Morgan fingerprint density at radius 3 is 2.63 bits per heavy atom. The van der Waals surface area contributed by atoms with E-state index in [1.807, 2.05) is 0 Å². The van der Waals surface area contributed by atoms with Crippen molar-refractivity contribution in [3.05, 3.63) is 52.5 Å². The van der Waals surface area contributed by atoms with Crippen molar-refractivity contribution in [1.29, 1.82) is 0 Å². The minimum atomic E-state index is -0.960. The van der Waals surface area contributed by atoms with Gasteiger partial charge in [0.05, 0.1) is 24.8 Å². The molecule has 0 spiro atoms. The number of fused-ring (bicyclic) bond motifs is 1. The number of ether oxygens (including phenoxy) is 1. The first-order chi connectivity index (χ1) is 14.1. The van der Waals surface area contributed by atoms with Gasteiger partial charge in [-0.25, -0.2) is 13.8 Å². The van der Waals surface area contributed by atoms with Gasteiger partial charge in [0.15, 0.2) is 17.3 Å². The molecular weight excluding hydrogens is 398 g/mol. The number of aliphatic hydroxyl groups is 2. The third-order valence-electron chi connectivity index (χ3n) is 4.20. The topological polar surface area (TPSA) is 110 Å². The fourth-order valence-corrected chi connectivity index (χ4v) is 2.72. The summed E-state index contributed by atoms with van der Waals surface area (Å²) in [4.78, 5) is 21.5. The van der Waals surface area contributed by atoms with Gasteiger partial charge in [0.2, 0.25) is 5.95 Å². The second-order valence-electron chi connectivity index (χ2n) is 7.59. The summed E-state index contributed by atoms with van der Waals surface area (Å²) in [7, 11) is 0. The van der Waals surface area contributed by atoms with Crippen LogP contribution in [0.1, 0.15) is 20.8 Å². The largest absolute Gasteiger partial charge is 0.448 e. The van der Waals surface area contributed by atoms with E-state index in [2.05, 4.69) is 15.3 Å². The van der Waals surface area contributed by atoms with E-state index < -0.39 is 28.8 Å². The highest BCUT2D eigenvalue weighted by molar-refractivity contribution is 5.77. The minimum absolute atomic E-state index is 0.0989. The fraction of sp³-hybridized carbons (Fsp3) is 0.350. The molecule has 0 amide bonds. The van der Waals surface area contributed by atoms with E-state index in [0.717, 1.165) is 12.1 Å². The normalized spacial score (nSPS) is 12.8. The number of nitrogens with zero attached hydrogens (tertiary/aromatic N) is 3. The van der Waals surface area contributed by atoms with Gasteiger partial charge in [-0.1, -0.05) is 0 Å². The molecular formula is C20H22F2N4O4. The summed E-state index contributed by atoms with van der Waals surface area (Å²) in [5.41, 5.74) is -1.14. The number of aromatic nitrogens is 3. The van der Waals surface area contributed by atoms with Crippen molar-refractivity contribution in [3.8, 4) is 11.5 Å². The van der Waals surface area contributed by atoms with E-state index in [-0.39, 0.29) is 36.2 Å². The summed E-state index contributed by atoms with van der Waals surface area (Å²) in [6, 6.07) is 4.08. The Hall–Kier alpha value is -3.11. The number of pyridine rings is 1. The Balaban J connectivity index is 2.12. The van der Waals surface area contributed by atoms with Crippen molar-refractivity contribution in [2.24, 2.45) is 0 Å². The van der Waals surface area contributed by atoms with Crippen LogP contribution in [-0.2, 0) is 6.54 Å². The zero-order valence-electron chi connectivity index (χ0n) is 16.7. The Labute approximate surface area is 170 Å². The molecule has 0 saturated heterocycles. The van der Waals surface area contributed by atoms with Crippen molar-refractivity contribution < 1.29 is 23.7 Å². The van der Waals surface area contributed by atoms with Gasteiger partial charge >= 0.3 is 0 Å². The monoisotopic (exact) mass is 420 g/mol. The summed E-state index contributed by atoms with van der Waals surface area (Å²) in [6.07, 6.45) is 0.549. The molecule has 2 heterocycles. The van der Waals surface area contributed by atoms with Crippen LogP contribution >= 0.6 is 0 Å². The number of nitrogens with one attached hydrogen (secondary N) is 1. The maximum Gasteiger partial charge on any atom is 0.295 e. The highest BCUT2D eigenvalue weighted by atomic mass is 19.1. The lowest BCUT2D eigenvalue weighted by molar-refractivity contribution is 0.173. The molecule has 0 saturated carbocycles. The van der Waals surface area contributed by atoms with Crippen molar-refractivity contribution >= 4 is 17.0 Å². The average Bonchev–Trinajstić information content (AvgIpc) is 2.67. The van der Waals surface area contributed by atoms with Crippen LogP contribution in [-0.4, -0.2) is 43.0 Å². The van der Waals surface area contributed by atoms with Gasteiger partial charge in [0, 0.05) is 17.6 Å². The Morgan fingerprint density at radius 1 is 1.27 bits per heavy atom. The van der Waals surface area contributed by atoms with Crippen molar-refractivity contribution in [1.82, 2.24) is 14.5 Å². The molecule has 3 N–H and O–H groups in total. The van der Waals surface area contributed by atoms with Gasteiger partial charge in [-0.3, -0.25) is 9.36 Å². The Kier molecular flexibility index (Phi) is 5.99. The lowest BCUT2D eigenvalue weighted by atomic mass is 10.1. The summed E-state index contributed by atoms with van der Waals surface area (Å²) < 4.78 is 33.7. The Morgan fingerprint density at radius 2 is 2.00 bits per heavy atom. The molecule has 0 aliphatic rings. The average molecular weight is 420 g/mol. The number of halogens is 2. The van der Waals surface area contributed by atoms with Crippen LogP contribution in [0.4, 0.5) is 14.7 Å². The van der Waals surface area contributed by atoms with Crippen molar-refractivity contribution in [2.45, 2.75) is 39.0 Å². The first-order valence-corrected chi connectivity index (χ1v) is 9.20. The maximum atomic E-state index is 14.0. The number of rotatable bonds is 7. The lowest BCUT2D eigenvalue weighted by Crippen LogP contribution is -2.36. The molecule has 30 heavy (non-hydrogen) atoms. The standard InChI is InChI=1S/C20H22F2N4O4/c1-11(28)9-26-17-12(8-23-19(24-17)25-20(2,3)10-27)6-16(18(26)29)30-15-5-4-13(21)7-14(15)22/h4-8,11,27-28H,9-10H2,1-3H3,(H,23,24,25)/t11-/m0/s1. The number of aliphatic hydroxyl groups excluding tert-OH is 2. The number of hydrogen-bond donors (Lipinski definition) is 3. The molecule has 0 fully saturated rings. The zero-order valence-corrected chi connectivity index (χ0v) is 16.7. The molecule has 3 aromatic rings. The number of anilines is 1. The van der Waals surface area contributed by atoms with Gasteiger partial charge in [0.1, 0.15) is 11.5 Å². The van der Waals surface area contributed by atoms with Crippen LogP contribution in [0.5, 0.6) is 11.5 Å². The molecule has 0 unspecified atom stereocenters. The molecule has 10 heteroatoms. The SMILES string of the molecule is C[C@H](O)Cn1c(=O)c(Oc2ccc(F)cc2F)cc2cnc(NC(C)(C)CO)nc21. The first-order valence-electron chi connectivity index (χ1n) is 9.20. The van der Waals surface area contributed by atoms with E-state index in [1.165, 1.54) is 23.8 Å². The first kappa shape index (κ1) is 21.6. The van der Waals surface area contributed by atoms with E-state index in [9.17, 15) is 23.8 Å². The number of benzene rings is 1. The van der Waals surface area contributed by atoms with Crippen molar-refractivity contribution in [3.63, 3.8) is 0 Å². The van der Waals surface area contributed by atoms with Gasteiger partial charge in [0.25, 0.3) is 5.56 Å². The molecule has 0 aliphatic heterocycles. The van der Waals surface area contributed by atoms with E-state index in [0.29, 0.717) is 11.5 Å².